The normalized spacial score (nSPS) is 15.0. The zero-order valence-corrected chi connectivity index (χ0v) is 15.3. The molecule has 1 aliphatic heterocycles. The first kappa shape index (κ1) is 19.3. The van der Waals surface area contributed by atoms with Crippen molar-refractivity contribution in [2.24, 2.45) is 0 Å². The summed E-state index contributed by atoms with van der Waals surface area (Å²) in [6, 6.07) is 17.8. The number of hydrogen-bond donors (Lipinski definition) is 0. The van der Waals surface area contributed by atoms with Gasteiger partial charge in [0.2, 0.25) is 6.10 Å². The van der Waals surface area contributed by atoms with Gasteiger partial charge in [-0.15, -0.1) is 0 Å². The number of esters is 1. The molecule has 6 nitrogen and oxygen atoms in total. The van der Waals surface area contributed by atoms with E-state index in [0.29, 0.717) is 37.4 Å². The molecule has 1 atom stereocenters. The highest BCUT2D eigenvalue weighted by molar-refractivity contribution is 5.91. The molecule has 1 aliphatic rings. The Morgan fingerprint density at radius 2 is 1.75 bits per heavy atom. The van der Waals surface area contributed by atoms with Gasteiger partial charge in [0.15, 0.2) is 0 Å². The van der Waals surface area contributed by atoms with Crippen LogP contribution in [-0.2, 0) is 19.1 Å². The van der Waals surface area contributed by atoms with Crippen molar-refractivity contribution in [3.05, 3.63) is 77.4 Å². The number of nitriles is 1. The largest absolute Gasteiger partial charge is 0.444 e. The second-order valence-electron chi connectivity index (χ2n) is 6.23. The molecule has 0 aromatic heterocycles. The predicted molar refractivity (Wildman–Crippen MR) is 103 cm³/mol. The predicted octanol–water partition coefficient (Wildman–Crippen LogP) is 2.71. The molecule has 0 radical (unpaired) electrons. The van der Waals surface area contributed by atoms with E-state index in [1.807, 2.05) is 12.1 Å². The van der Waals surface area contributed by atoms with Crippen molar-refractivity contribution < 1.29 is 19.1 Å². The van der Waals surface area contributed by atoms with Gasteiger partial charge in [0, 0.05) is 24.7 Å². The van der Waals surface area contributed by atoms with Crippen LogP contribution in [0.4, 0.5) is 0 Å². The first-order valence-electron chi connectivity index (χ1n) is 8.98. The average molecular weight is 376 g/mol. The maximum atomic E-state index is 12.9. The van der Waals surface area contributed by atoms with Gasteiger partial charge < -0.3 is 14.4 Å². The summed E-state index contributed by atoms with van der Waals surface area (Å²) >= 11 is 0. The van der Waals surface area contributed by atoms with Gasteiger partial charge in [0.25, 0.3) is 5.91 Å². The van der Waals surface area contributed by atoms with E-state index >= 15 is 0 Å². The lowest BCUT2D eigenvalue weighted by Gasteiger charge is -2.30. The summed E-state index contributed by atoms with van der Waals surface area (Å²) in [5.41, 5.74) is 1.92. The lowest BCUT2D eigenvalue weighted by atomic mass is 10.1. The molecule has 6 heteroatoms. The molecule has 0 aliphatic carbocycles. The smallest absolute Gasteiger partial charge is 0.331 e. The molecule has 0 unspecified atom stereocenters. The zero-order valence-electron chi connectivity index (χ0n) is 15.3. The Morgan fingerprint density at radius 1 is 1.07 bits per heavy atom. The number of nitrogens with zero attached hydrogens (tertiary/aromatic N) is 2. The molecule has 2 aromatic rings. The zero-order chi connectivity index (χ0) is 19.8. The number of carbonyl (C=O) groups is 2. The van der Waals surface area contributed by atoms with Crippen LogP contribution in [0, 0.1) is 11.3 Å². The highest BCUT2D eigenvalue weighted by Crippen LogP contribution is 2.21. The van der Waals surface area contributed by atoms with Crippen LogP contribution >= 0.6 is 0 Å². The Kier molecular flexibility index (Phi) is 6.55. The quantitative estimate of drug-likeness (QED) is 0.592. The molecule has 28 heavy (non-hydrogen) atoms. The van der Waals surface area contributed by atoms with Crippen molar-refractivity contribution in [1.82, 2.24) is 4.90 Å². The van der Waals surface area contributed by atoms with Gasteiger partial charge in [-0.25, -0.2) is 4.79 Å². The van der Waals surface area contributed by atoms with Crippen LogP contribution in [0.15, 0.2) is 60.7 Å². The SMILES string of the molecule is N#Cc1ccc(/C=C/C(=O)O[C@H](C(=O)N2CCOCC2)c2ccccc2)cc1. The fraction of sp³-hybridized carbons (Fsp3) is 0.227. The van der Waals surface area contributed by atoms with E-state index in [1.165, 1.54) is 6.08 Å². The summed E-state index contributed by atoms with van der Waals surface area (Å²) in [6.45, 7) is 1.89. The van der Waals surface area contributed by atoms with Gasteiger partial charge >= 0.3 is 5.97 Å². The molecule has 1 saturated heterocycles. The lowest BCUT2D eigenvalue weighted by molar-refractivity contribution is -0.159. The summed E-state index contributed by atoms with van der Waals surface area (Å²) in [6.07, 6.45) is 1.87. The minimum Gasteiger partial charge on any atom is -0.444 e. The van der Waals surface area contributed by atoms with Crippen LogP contribution in [0.1, 0.15) is 22.8 Å². The molecule has 2 aromatic carbocycles. The molecular formula is C22H20N2O4. The second-order valence-corrected chi connectivity index (χ2v) is 6.23. The van der Waals surface area contributed by atoms with Crippen molar-refractivity contribution in [3.8, 4) is 6.07 Å². The molecule has 3 rings (SSSR count). The minimum absolute atomic E-state index is 0.255. The molecule has 1 heterocycles. The van der Waals surface area contributed by atoms with E-state index in [9.17, 15) is 9.59 Å². The maximum absolute atomic E-state index is 12.9. The number of morpholine rings is 1. The van der Waals surface area contributed by atoms with Crippen LogP contribution in [0.3, 0.4) is 0 Å². The maximum Gasteiger partial charge on any atom is 0.331 e. The van der Waals surface area contributed by atoms with E-state index in [4.69, 9.17) is 14.7 Å². The number of benzene rings is 2. The van der Waals surface area contributed by atoms with Crippen LogP contribution in [0.25, 0.3) is 6.08 Å². The topological polar surface area (TPSA) is 79.6 Å². The van der Waals surface area contributed by atoms with Gasteiger partial charge in [0.05, 0.1) is 24.8 Å². The Balaban J connectivity index is 1.72. The number of ether oxygens (including phenoxy) is 2. The van der Waals surface area contributed by atoms with Crippen LogP contribution in [0.2, 0.25) is 0 Å². The molecule has 0 N–H and O–H groups in total. The molecular weight excluding hydrogens is 356 g/mol. The number of rotatable bonds is 5. The molecule has 0 saturated carbocycles. The highest BCUT2D eigenvalue weighted by atomic mass is 16.5. The van der Waals surface area contributed by atoms with Crippen molar-refractivity contribution in [2.45, 2.75) is 6.10 Å². The summed E-state index contributed by atoms with van der Waals surface area (Å²) in [5.74, 6) is -0.866. The van der Waals surface area contributed by atoms with E-state index < -0.39 is 12.1 Å². The Hall–Kier alpha value is -3.43. The molecule has 1 amide bonds. The van der Waals surface area contributed by atoms with Gasteiger partial charge in [-0.2, -0.15) is 5.26 Å². The van der Waals surface area contributed by atoms with E-state index in [-0.39, 0.29) is 5.91 Å². The fourth-order valence-corrected chi connectivity index (χ4v) is 2.83. The first-order chi connectivity index (χ1) is 13.7. The summed E-state index contributed by atoms with van der Waals surface area (Å²) in [4.78, 5) is 26.9. The van der Waals surface area contributed by atoms with Crippen molar-refractivity contribution in [3.63, 3.8) is 0 Å². The Labute approximate surface area is 163 Å². The summed E-state index contributed by atoms with van der Waals surface area (Å²) < 4.78 is 10.8. The van der Waals surface area contributed by atoms with Gasteiger partial charge in [0.1, 0.15) is 0 Å². The third-order valence-corrected chi connectivity index (χ3v) is 4.34. The highest BCUT2D eigenvalue weighted by Gasteiger charge is 2.29. The Bertz CT molecular complexity index is 879. The summed E-state index contributed by atoms with van der Waals surface area (Å²) in [5, 5.41) is 8.83. The molecule has 142 valence electrons. The van der Waals surface area contributed by atoms with E-state index in [2.05, 4.69) is 0 Å². The first-order valence-corrected chi connectivity index (χ1v) is 8.98. The van der Waals surface area contributed by atoms with Crippen molar-refractivity contribution in [2.75, 3.05) is 26.3 Å². The second kappa shape index (κ2) is 9.49. The van der Waals surface area contributed by atoms with Crippen molar-refractivity contribution in [1.29, 1.82) is 5.26 Å². The molecule has 1 fully saturated rings. The van der Waals surface area contributed by atoms with E-state index in [0.717, 1.165) is 5.56 Å². The number of hydrogen-bond acceptors (Lipinski definition) is 5. The van der Waals surface area contributed by atoms with Crippen LogP contribution in [0.5, 0.6) is 0 Å². The lowest BCUT2D eigenvalue weighted by Crippen LogP contribution is -2.44. The van der Waals surface area contributed by atoms with Gasteiger partial charge in [-0.3, -0.25) is 4.79 Å². The average Bonchev–Trinajstić information content (AvgIpc) is 2.77. The monoisotopic (exact) mass is 376 g/mol. The van der Waals surface area contributed by atoms with Crippen LogP contribution < -0.4 is 0 Å². The third kappa shape index (κ3) is 5.06. The van der Waals surface area contributed by atoms with Crippen LogP contribution in [-0.4, -0.2) is 43.1 Å². The van der Waals surface area contributed by atoms with Gasteiger partial charge in [-0.1, -0.05) is 42.5 Å². The molecule has 0 spiro atoms. The minimum atomic E-state index is -1.00. The van der Waals surface area contributed by atoms with E-state index in [1.54, 1.807) is 59.5 Å². The Morgan fingerprint density at radius 3 is 2.39 bits per heavy atom. The number of carbonyl (C=O) groups excluding carboxylic acids is 2. The standard InChI is InChI=1S/C22H20N2O4/c23-16-18-8-6-17(7-9-18)10-11-20(25)28-21(19-4-2-1-3-5-19)22(26)24-12-14-27-15-13-24/h1-11,21H,12-15H2/b11-10+/t21-/m0/s1. The number of amides is 1. The van der Waals surface area contributed by atoms with Crippen molar-refractivity contribution >= 4 is 18.0 Å². The summed E-state index contributed by atoms with van der Waals surface area (Å²) in [7, 11) is 0. The fourth-order valence-electron chi connectivity index (χ4n) is 2.83. The molecule has 0 bridgehead atoms. The third-order valence-electron chi connectivity index (χ3n) is 4.34. The van der Waals surface area contributed by atoms with Gasteiger partial charge in [-0.05, 0) is 23.8 Å².